The number of rotatable bonds is 3. The quantitative estimate of drug-likeness (QED) is 0.780. The van der Waals surface area contributed by atoms with Gasteiger partial charge in [0, 0.05) is 5.56 Å². The lowest BCUT2D eigenvalue weighted by atomic mass is 9.76. The molecule has 0 aromatic heterocycles. The van der Waals surface area contributed by atoms with Crippen LogP contribution in [-0.2, 0) is 17.3 Å². The Balaban J connectivity index is 3.41. The Bertz CT molecular complexity index is 430. The highest BCUT2D eigenvalue weighted by atomic mass is 16.3. The van der Waals surface area contributed by atoms with E-state index in [9.17, 15) is 5.11 Å². The Morgan fingerprint density at radius 3 is 1.95 bits per heavy atom. The van der Waals surface area contributed by atoms with Gasteiger partial charge >= 0.3 is 0 Å². The first-order chi connectivity index (χ1) is 8.59. The molecule has 0 saturated heterocycles. The predicted molar refractivity (Wildman–Crippen MR) is 84.1 cm³/mol. The fourth-order valence-corrected chi connectivity index (χ4v) is 2.65. The fourth-order valence-electron chi connectivity index (χ4n) is 2.65. The maximum Gasteiger partial charge on any atom is 0.123 e. The lowest BCUT2D eigenvalue weighted by Gasteiger charge is -2.29. The molecule has 0 heterocycles. The van der Waals surface area contributed by atoms with Crippen LogP contribution in [0.2, 0.25) is 0 Å². The van der Waals surface area contributed by atoms with Gasteiger partial charge in [-0.1, -0.05) is 67.0 Å². The van der Waals surface area contributed by atoms with Crippen molar-refractivity contribution >= 4 is 0 Å². The molecule has 1 aromatic carbocycles. The summed E-state index contributed by atoms with van der Waals surface area (Å²) in [7, 11) is 0. The summed E-state index contributed by atoms with van der Waals surface area (Å²) in [6.07, 6.45) is 3.42. The second-order valence-corrected chi connectivity index (χ2v) is 7.60. The monoisotopic (exact) mass is 262 g/mol. The van der Waals surface area contributed by atoms with Gasteiger partial charge in [-0.25, -0.2) is 0 Å². The number of aryl methyl sites for hydroxylation is 1. The smallest absolute Gasteiger partial charge is 0.123 e. The average Bonchev–Trinajstić information content (AvgIpc) is 2.22. The average molecular weight is 262 g/mol. The molecule has 0 aliphatic heterocycles. The van der Waals surface area contributed by atoms with E-state index < -0.39 is 0 Å². The molecule has 0 saturated carbocycles. The van der Waals surface area contributed by atoms with E-state index in [1.807, 2.05) is 0 Å². The summed E-state index contributed by atoms with van der Waals surface area (Å²) in [5, 5.41) is 10.7. The third-order valence-corrected chi connectivity index (χ3v) is 3.62. The summed E-state index contributed by atoms with van der Waals surface area (Å²) in [5.74, 6) is 0.508. The van der Waals surface area contributed by atoms with E-state index in [1.54, 1.807) is 0 Å². The summed E-state index contributed by atoms with van der Waals surface area (Å²) >= 11 is 0. The van der Waals surface area contributed by atoms with Crippen LogP contribution in [0.3, 0.4) is 0 Å². The van der Waals surface area contributed by atoms with Crippen LogP contribution in [0, 0.1) is 0 Å². The highest BCUT2D eigenvalue weighted by molar-refractivity contribution is 5.51. The Labute approximate surface area is 119 Å². The van der Waals surface area contributed by atoms with E-state index >= 15 is 0 Å². The van der Waals surface area contributed by atoms with Crippen molar-refractivity contribution in [1.82, 2.24) is 0 Å². The largest absolute Gasteiger partial charge is 0.507 e. The zero-order valence-electron chi connectivity index (χ0n) is 13.7. The molecule has 1 nitrogen and oxygen atoms in total. The van der Waals surface area contributed by atoms with Crippen molar-refractivity contribution in [3.8, 4) is 5.75 Å². The molecule has 0 unspecified atom stereocenters. The summed E-state index contributed by atoms with van der Waals surface area (Å²) in [5.41, 5.74) is 3.45. The van der Waals surface area contributed by atoms with Gasteiger partial charge in [-0.05, 0) is 34.8 Å². The topological polar surface area (TPSA) is 20.2 Å². The van der Waals surface area contributed by atoms with Crippen LogP contribution < -0.4 is 0 Å². The highest BCUT2D eigenvalue weighted by Crippen LogP contribution is 2.41. The standard InChI is InChI=1S/C18H30O/c1-8-9-10-13-11-12-14(17(2,3)4)16(19)15(13)18(5,6)7/h11-12,19H,8-10H2,1-7H3. The lowest BCUT2D eigenvalue weighted by Crippen LogP contribution is -2.19. The first-order valence-corrected chi connectivity index (χ1v) is 7.44. The molecular formula is C18H30O. The van der Waals surface area contributed by atoms with Crippen molar-refractivity contribution in [2.75, 3.05) is 0 Å². The second kappa shape index (κ2) is 5.56. The molecule has 0 fully saturated rings. The van der Waals surface area contributed by atoms with E-state index in [2.05, 4.69) is 60.6 Å². The third-order valence-electron chi connectivity index (χ3n) is 3.62. The normalized spacial score (nSPS) is 12.8. The molecule has 1 aromatic rings. The van der Waals surface area contributed by atoms with Gasteiger partial charge in [0.05, 0.1) is 0 Å². The van der Waals surface area contributed by atoms with E-state index in [4.69, 9.17) is 0 Å². The van der Waals surface area contributed by atoms with Gasteiger partial charge in [0.1, 0.15) is 5.75 Å². The van der Waals surface area contributed by atoms with Crippen LogP contribution in [0.5, 0.6) is 5.75 Å². The van der Waals surface area contributed by atoms with Crippen molar-refractivity contribution in [1.29, 1.82) is 0 Å². The number of hydrogen-bond acceptors (Lipinski definition) is 1. The van der Waals surface area contributed by atoms with Crippen LogP contribution >= 0.6 is 0 Å². The number of aromatic hydroxyl groups is 1. The summed E-state index contributed by atoms with van der Waals surface area (Å²) in [4.78, 5) is 0. The predicted octanol–water partition coefficient (Wildman–Crippen LogP) is 5.33. The van der Waals surface area contributed by atoms with Crippen LogP contribution in [0.4, 0.5) is 0 Å². The number of phenols is 1. The molecule has 0 amide bonds. The molecule has 19 heavy (non-hydrogen) atoms. The molecule has 0 aliphatic carbocycles. The minimum absolute atomic E-state index is 0.0194. The van der Waals surface area contributed by atoms with E-state index in [0.717, 1.165) is 17.5 Å². The maximum absolute atomic E-state index is 10.7. The van der Waals surface area contributed by atoms with Crippen LogP contribution in [0.1, 0.15) is 78.0 Å². The third kappa shape index (κ3) is 3.75. The second-order valence-electron chi connectivity index (χ2n) is 7.60. The van der Waals surface area contributed by atoms with Crippen LogP contribution in [-0.4, -0.2) is 5.11 Å². The Morgan fingerprint density at radius 1 is 0.947 bits per heavy atom. The SMILES string of the molecule is CCCCc1ccc(C(C)(C)C)c(O)c1C(C)(C)C. The Kier molecular flexibility index (Phi) is 4.71. The molecule has 0 aliphatic rings. The van der Waals surface area contributed by atoms with E-state index in [-0.39, 0.29) is 10.8 Å². The molecule has 0 atom stereocenters. The maximum atomic E-state index is 10.7. The number of benzene rings is 1. The molecule has 0 bridgehead atoms. The zero-order chi connectivity index (χ0) is 14.8. The molecule has 1 N–H and O–H groups in total. The van der Waals surface area contributed by atoms with Gasteiger partial charge in [0.15, 0.2) is 0 Å². The first-order valence-electron chi connectivity index (χ1n) is 7.44. The van der Waals surface area contributed by atoms with Gasteiger partial charge < -0.3 is 5.11 Å². The minimum atomic E-state index is -0.0205. The van der Waals surface area contributed by atoms with Crippen molar-refractivity contribution in [3.63, 3.8) is 0 Å². The number of unbranched alkanes of at least 4 members (excludes halogenated alkanes) is 1. The van der Waals surface area contributed by atoms with Gasteiger partial charge in [-0.15, -0.1) is 0 Å². The zero-order valence-corrected chi connectivity index (χ0v) is 13.7. The highest BCUT2D eigenvalue weighted by Gasteiger charge is 2.27. The molecule has 1 heteroatoms. The molecular weight excluding hydrogens is 232 g/mol. The molecule has 0 radical (unpaired) electrons. The van der Waals surface area contributed by atoms with Crippen LogP contribution in [0.15, 0.2) is 12.1 Å². The van der Waals surface area contributed by atoms with Gasteiger partial charge in [-0.3, -0.25) is 0 Å². The van der Waals surface area contributed by atoms with E-state index in [0.29, 0.717) is 5.75 Å². The van der Waals surface area contributed by atoms with Crippen molar-refractivity contribution in [3.05, 3.63) is 28.8 Å². The van der Waals surface area contributed by atoms with Crippen LogP contribution in [0.25, 0.3) is 0 Å². The van der Waals surface area contributed by atoms with Gasteiger partial charge in [0.25, 0.3) is 0 Å². The molecule has 108 valence electrons. The lowest BCUT2D eigenvalue weighted by molar-refractivity contribution is 0.421. The molecule has 1 rings (SSSR count). The summed E-state index contributed by atoms with van der Waals surface area (Å²) in [6, 6.07) is 4.33. The Hall–Kier alpha value is -0.980. The van der Waals surface area contributed by atoms with Gasteiger partial charge in [-0.2, -0.15) is 0 Å². The molecule has 0 spiro atoms. The number of hydrogen-bond donors (Lipinski definition) is 1. The van der Waals surface area contributed by atoms with Crippen molar-refractivity contribution in [2.45, 2.75) is 78.6 Å². The van der Waals surface area contributed by atoms with Gasteiger partial charge in [0.2, 0.25) is 0 Å². The van der Waals surface area contributed by atoms with Crippen molar-refractivity contribution < 1.29 is 5.11 Å². The van der Waals surface area contributed by atoms with E-state index in [1.165, 1.54) is 18.4 Å². The minimum Gasteiger partial charge on any atom is -0.507 e. The van der Waals surface area contributed by atoms with Crippen molar-refractivity contribution in [2.24, 2.45) is 0 Å². The first kappa shape index (κ1) is 16.1. The summed E-state index contributed by atoms with van der Waals surface area (Å²) in [6.45, 7) is 15.2. The number of phenolic OH excluding ortho intramolecular Hbond substituents is 1. The fraction of sp³-hybridized carbons (Fsp3) is 0.667. The Morgan fingerprint density at radius 2 is 1.53 bits per heavy atom. The summed E-state index contributed by atoms with van der Waals surface area (Å²) < 4.78 is 0.